The number of benzene rings is 6. The summed E-state index contributed by atoms with van der Waals surface area (Å²) in [5.41, 5.74) is 20.8. The molecule has 2 heteroatoms. The first kappa shape index (κ1) is 35.7. The fourth-order valence-electron chi connectivity index (χ4n) is 18.3. The standard InChI is InChI=1S/C62H56N2/c1-5-13-55-49(9-1)53-35-47(21-23-57(53)61(55)41-27-37-25-38(29-41)30-42(61)28-37)63(45-17-19-46(20-18-45)64-59-15-7-3-11-51(59)52-12-4-8-16-60(52)64)48-22-24-58-54(36-48)50-10-2-6-14-56(50)62(58)43-31-39-26-40(33-43)34-44(62)32-39/h1,3-9,11-24,35-44H,2,10,25-34H2. The van der Waals surface area contributed by atoms with Gasteiger partial charge in [-0.05, 0) is 230 Å². The van der Waals surface area contributed by atoms with Gasteiger partial charge in [0.15, 0.2) is 0 Å². The fraction of sp³-hybridized carbons (Fsp3) is 0.355. The number of allylic oxidation sites excluding steroid dienone is 4. The second kappa shape index (κ2) is 12.6. The van der Waals surface area contributed by atoms with Crippen LogP contribution < -0.4 is 4.90 Å². The van der Waals surface area contributed by atoms with Crippen LogP contribution in [0.1, 0.15) is 99.3 Å². The molecule has 8 bridgehead atoms. The summed E-state index contributed by atoms with van der Waals surface area (Å²) >= 11 is 0. The highest BCUT2D eigenvalue weighted by Crippen LogP contribution is 2.71. The van der Waals surface area contributed by atoms with Gasteiger partial charge in [0, 0.05) is 44.4 Å². The fourth-order valence-corrected chi connectivity index (χ4v) is 18.3. The molecule has 8 saturated carbocycles. The highest BCUT2D eigenvalue weighted by atomic mass is 15.1. The number of rotatable bonds is 4. The molecule has 0 N–H and O–H groups in total. The molecule has 64 heavy (non-hydrogen) atoms. The molecule has 8 fully saturated rings. The van der Waals surface area contributed by atoms with Crippen LogP contribution in [0.5, 0.6) is 0 Å². The summed E-state index contributed by atoms with van der Waals surface area (Å²) in [6.07, 6.45) is 21.8. The van der Waals surface area contributed by atoms with E-state index < -0.39 is 0 Å². The van der Waals surface area contributed by atoms with Gasteiger partial charge in [-0.2, -0.15) is 0 Å². The Hall–Kier alpha value is -5.60. The Labute approximate surface area is 377 Å². The van der Waals surface area contributed by atoms with E-state index in [9.17, 15) is 0 Å². The Kier molecular flexibility index (Phi) is 7.03. The Morgan fingerprint density at radius 2 is 0.938 bits per heavy atom. The zero-order valence-electron chi connectivity index (χ0n) is 36.9. The molecule has 6 aromatic carbocycles. The molecule has 11 aliphatic rings. The molecule has 2 nitrogen and oxygen atoms in total. The van der Waals surface area contributed by atoms with Crippen molar-refractivity contribution in [2.24, 2.45) is 47.3 Å². The first-order valence-corrected chi connectivity index (χ1v) is 25.3. The van der Waals surface area contributed by atoms with Crippen molar-refractivity contribution in [1.82, 2.24) is 4.57 Å². The van der Waals surface area contributed by atoms with Crippen molar-refractivity contribution in [2.75, 3.05) is 4.90 Å². The lowest BCUT2D eigenvalue weighted by atomic mass is 9.42. The molecular weight excluding hydrogens is 773 g/mol. The van der Waals surface area contributed by atoms with Gasteiger partial charge < -0.3 is 9.47 Å². The van der Waals surface area contributed by atoms with Crippen LogP contribution in [0.25, 0.3) is 44.2 Å². The smallest absolute Gasteiger partial charge is 0.0541 e. The molecule has 314 valence electrons. The lowest BCUT2D eigenvalue weighted by Gasteiger charge is -2.61. The number of aromatic nitrogens is 1. The molecule has 11 aliphatic carbocycles. The van der Waals surface area contributed by atoms with Gasteiger partial charge in [0.2, 0.25) is 0 Å². The molecule has 0 aliphatic heterocycles. The Bertz CT molecular complexity index is 3100. The van der Waals surface area contributed by atoms with E-state index in [1.165, 1.54) is 126 Å². The predicted octanol–water partition coefficient (Wildman–Crippen LogP) is 15.8. The van der Waals surface area contributed by atoms with Crippen LogP contribution in [0.15, 0.2) is 151 Å². The van der Waals surface area contributed by atoms with Gasteiger partial charge >= 0.3 is 0 Å². The average molecular weight is 829 g/mol. The van der Waals surface area contributed by atoms with E-state index in [1.54, 1.807) is 33.4 Å². The monoisotopic (exact) mass is 828 g/mol. The van der Waals surface area contributed by atoms with Crippen molar-refractivity contribution in [2.45, 2.75) is 87.9 Å². The molecule has 1 aromatic heterocycles. The SMILES string of the molecule is C1=CC2=C(CC1)c1cc(N(c3ccc(-n4c5ccccc5c5ccccc54)cc3)c3ccc4c(c3)-c3ccccc3C43C4CC5CC(C4)CC3C5)ccc1C21C2CC3CC(C2)CC1C3. The van der Waals surface area contributed by atoms with Gasteiger partial charge in [-0.1, -0.05) is 84.9 Å². The van der Waals surface area contributed by atoms with Crippen molar-refractivity contribution in [1.29, 1.82) is 0 Å². The topological polar surface area (TPSA) is 8.17 Å². The minimum absolute atomic E-state index is 0.171. The third kappa shape index (κ3) is 4.40. The molecular formula is C62H56N2. The van der Waals surface area contributed by atoms with Crippen molar-refractivity contribution < 1.29 is 0 Å². The van der Waals surface area contributed by atoms with E-state index in [1.807, 2.05) is 0 Å². The second-order valence-electron chi connectivity index (χ2n) is 22.4. The van der Waals surface area contributed by atoms with Gasteiger partial charge in [0.1, 0.15) is 0 Å². The first-order valence-electron chi connectivity index (χ1n) is 25.3. The second-order valence-corrected chi connectivity index (χ2v) is 22.4. The Morgan fingerprint density at radius 3 is 1.56 bits per heavy atom. The van der Waals surface area contributed by atoms with E-state index in [2.05, 4.69) is 155 Å². The molecule has 0 radical (unpaired) electrons. The van der Waals surface area contributed by atoms with Crippen LogP contribution in [0, 0.1) is 47.3 Å². The maximum absolute atomic E-state index is 2.66. The lowest BCUT2D eigenvalue weighted by Crippen LogP contribution is -2.55. The van der Waals surface area contributed by atoms with Gasteiger partial charge in [0.05, 0.1) is 11.0 Å². The highest BCUT2D eigenvalue weighted by Gasteiger charge is 2.63. The summed E-state index contributed by atoms with van der Waals surface area (Å²) in [7, 11) is 0. The van der Waals surface area contributed by atoms with Crippen LogP contribution in [0.2, 0.25) is 0 Å². The van der Waals surface area contributed by atoms with Crippen molar-refractivity contribution >= 4 is 44.4 Å². The van der Waals surface area contributed by atoms with Crippen molar-refractivity contribution in [3.8, 4) is 16.8 Å². The third-order valence-corrected chi connectivity index (χ3v) is 19.8. The van der Waals surface area contributed by atoms with Crippen molar-refractivity contribution in [3.05, 3.63) is 173 Å². The molecule has 0 saturated heterocycles. The van der Waals surface area contributed by atoms with Crippen LogP contribution in [-0.2, 0) is 10.8 Å². The highest BCUT2D eigenvalue weighted by molar-refractivity contribution is 6.09. The maximum atomic E-state index is 2.66. The molecule has 0 amide bonds. The van der Waals surface area contributed by atoms with E-state index in [-0.39, 0.29) is 10.8 Å². The van der Waals surface area contributed by atoms with Crippen LogP contribution in [0.3, 0.4) is 0 Å². The summed E-state index contributed by atoms with van der Waals surface area (Å²) in [6, 6.07) is 52.6. The first-order chi connectivity index (χ1) is 31.6. The quantitative estimate of drug-likeness (QED) is 0.172. The third-order valence-electron chi connectivity index (χ3n) is 19.8. The van der Waals surface area contributed by atoms with E-state index in [4.69, 9.17) is 0 Å². The number of hydrogen-bond donors (Lipinski definition) is 0. The Morgan fingerprint density at radius 1 is 0.438 bits per heavy atom. The summed E-state index contributed by atoms with van der Waals surface area (Å²) in [4.78, 5) is 2.63. The number of hydrogen-bond acceptors (Lipinski definition) is 1. The van der Waals surface area contributed by atoms with Crippen LogP contribution in [0.4, 0.5) is 17.1 Å². The average Bonchev–Trinajstić information content (AvgIpc) is 3.93. The summed E-state index contributed by atoms with van der Waals surface area (Å²) in [6.45, 7) is 0. The number of para-hydroxylation sites is 2. The van der Waals surface area contributed by atoms with Gasteiger partial charge in [0.25, 0.3) is 0 Å². The lowest BCUT2D eigenvalue weighted by molar-refractivity contribution is -0.0407. The van der Waals surface area contributed by atoms with Gasteiger partial charge in [-0.25, -0.2) is 0 Å². The summed E-state index contributed by atoms with van der Waals surface area (Å²) in [5.74, 6) is 6.92. The molecule has 1 heterocycles. The zero-order valence-corrected chi connectivity index (χ0v) is 36.9. The zero-order chi connectivity index (χ0) is 41.5. The van der Waals surface area contributed by atoms with Crippen molar-refractivity contribution in [3.63, 3.8) is 0 Å². The van der Waals surface area contributed by atoms with Gasteiger partial charge in [-0.3, -0.25) is 0 Å². The summed E-state index contributed by atoms with van der Waals surface area (Å²) in [5, 5.41) is 2.61. The van der Waals surface area contributed by atoms with Gasteiger partial charge in [-0.15, -0.1) is 0 Å². The molecule has 0 atom stereocenters. The number of fused-ring (bicyclic) bond motifs is 8. The summed E-state index contributed by atoms with van der Waals surface area (Å²) < 4.78 is 2.46. The molecule has 7 aromatic rings. The number of nitrogens with zero attached hydrogens (tertiary/aromatic N) is 2. The van der Waals surface area contributed by atoms with E-state index in [0.29, 0.717) is 0 Å². The minimum Gasteiger partial charge on any atom is -0.310 e. The maximum Gasteiger partial charge on any atom is 0.0541 e. The van der Waals surface area contributed by atoms with Crippen LogP contribution >= 0.6 is 0 Å². The van der Waals surface area contributed by atoms with E-state index in [0.717, 1.165) is 53.8 Å². The van der Waals surface area contributed by atoms with E-state index >= 15 is 0 Å². The largest absolute Gasteiger partial charge is 0.310 e. The predicted molar refractivity (Wildman–Crippen MR) is 263 cm³/mol. The number of anilines is 3. The molecule has 2 spiro atoms. The normalized spacial score (nSPS) is 32.9. The molecule has 18 rings (SSSR count). The Balaban J connectivity index is 0.884. The molecule has 0 unspecified atom stereocenters. The minimum atomic E-state index is 0.171. The van der Waals surface area contributed by atoms with Crippen LogP contribution in [-0.4, -0.2) is 4.57 Å².